The Labute approximate surface area is 78.7 Å². The average Bonchev–Trinajstić information content (AvgIpc) is 2.10. The number of alkyl halides is 1. The average molecular weight is 182 g/mol. The highest BCUT2D eigenvalue weighted by molar-refractivity contribution is 5.90. The van der Waals surface area contributed by atoms with E-state index in [1.807, 2.05) is 0 Å². The second kappa shape index (κ2) is 4.41. The van der Waals surface area contributed by atoms with Gasteiger partial charge in [-0.2, -0.15) is 0 Å². The maximum Gasteiger partial charge on any atom is 0.228 e. The van der Waals surface area contributed by atoms with E-state index in [-0.39, 0.29) is 18.6 Å². The van der Waals surface area contributed by atoms with Crippen molar-refractivity contribution < 1.29 is 9.18 Å². The van der Waals surface area contributed by atoms with Gasteiger partial charge in [0, 0.05) is 19.3 Å². The van der Waals surface area contributed by atoms with Crippen LogP contribution in [-0.2, 0) is 4.79 Å². The first-order valence-electron chi connectivity index (χ1n) is 4.91. The van der Waals surface area contributed by atoms with Gasteiger partial charge < -0.3 is 0 Å². The second-order valence-electron chi connectivity index (χ2n) is 3.44. The third kappa shape index (κ3) is 2.55. The molecule has 0 spiro atoms. The number of hydrogen-bond acceptors (Lipinski definition) is 1. The monoisotopic (exact) mass is 182 g/mol. The smallest absolute Gasteiger partial charge is 0.228 e. The lowest BCUT2D eigenvalue weighted by Crippen LogP contribution is -2.32. The van der Waals surface area contributed by atoms with Crippen molar-refractivity contribution in [3.05, 3.63) is 0 Å². The molecule has 0 fully saturated rings. The lowest BCUT2D eigenvalue weighted by molar-refractivity contribution is -0.127. The molecule has 0 aromatic carbocycles. The molecule has 1 nitrogen and oxygen atoms in total. The molecule has 0 aromatic rings. The summed E-state index contributed by atoms with van der Waals surface area (Å²) in [5, 5.41) is 0. The van der Waals surface area contributed by atoms with E-state index in [4.69, 9.17) is 0 Å². The summed E-state index contributed by atoms with van der Waals surface area (Å²) >= 11 is 0. The zero-order valence-corrected chi connectivity index (χ0v) is 8.03. The van der Waals surface area contributed by atoms with Crippen molar-refractivity contribution in [3.8, 4) is 11.8 Å². The molecule has 0 N–H and O–H groups in total. The summed E-state index contributed by atoms with van der Waals surface area (Å²) in [7, 11) is 0. The van der Waals surface area contributed by atoms with Crippen LogP contribution in [-0.4, -0.2) is 11.5 Å². The van der Waals surface area contributed by atoms with Gasteiger partial charge in [-0.25, -0.2) is 4.39 Å². The fraction of sp³-hybridized carbons (Fsp3) is 0.727. The van der Waals surface area contributed by atoms with Crippen molar-refractivity contribution in [2.45, 2.75) is 51.1 Å². The van der Waals surface area contributed by atoms with E-state index in [0.717, 1.165) is 25.7 Å². The Morgan fingerprint density at radius 3 is 2.92 bits per heavy atom. The highest BCUT2D eigenvalue weighted by atomic mass is 19.1. The Kier molecular flexibility index (Phi) is 3.48. The quantitative estimate of drug-likeness (QED) is 0.600. The topological polar surface area (TPSA) is 17.1 Å². The first-order valence-corrected chi connectivity index (χ1v) is 4.91. The standard InChI is InChI=1S/C11H15FO/c1-2-10(13)11(12)8-6-4-3-5-7-9-11/h2-6,8H2,1H3. The molecule has 0 amide bonds. The number of carbonyl (C=O) groups is 1. The van der Waals surface area contributed by atoms with Gasteiger partial charge in [0.15, 0.2) is 5.78 Å². The number of ketones is 1. The first kappa shape index (κ1) is 10.2. The van der Waals surface area contributed by atoms with Crippen LogP contribution >= 0.6 is 0 Å². The van der Waals surface area contributed by atoms with Gasteiger partial charge in [0.2, 0.25) is 5.67 Å². The molecule has 72 valence electrons. The lowest BCUT2D eigenvalue weighted by Gasteiger charge is -2.18. The van der Waals surface area contributed by atoms with E-state index in [9.17, 15) is 9.18 Å². The summed E-state index contributed by atoms with van der Waals surface area (Å²) in [4.78, 5) is 11.3. The summed E-state index contributed by atoms with van der Waals surface area (Å²) in [5.41, 5.74) is -1.84. The highest BCUT2D eigenvalue weighted by Crippen LogP contribution is 2.23. The SMILES string of the molecule is CCC(=O)C1(F)C#CCCCCC1. The van der Waals surface area contributed by atoms with Crippen molar-refractivity contribution in [2.75, 3.05) is 0 Å². The van der Waals surface area contributed by atoms with Crippen LogP contribution in [0.5, 0.6) is 0 Å². The zero-order valence-electron chi connectivity index (χ0n) is 8.03. The maximum atomic E-state index is 13.9. The van der Waals surface area contributed by atoms with Crippen LogP contribution in [0.25, 0.3) is 0 Å². The summed E-state index contributed by atoms with van der Waals surface area (Å²) in [6, 6.07) is 0. The van der Waals surface area contributed by atoms with Crippen LogP contribution in [0.15, 0.2) is 0 Å². The minimum Gasteiger partial charge on any atom is -0.295 e. The van der Waals surface area contributed by atoms with Crippen LogP contribution in [0.4, 0.5) is 4.39 Å². The van der Waals surface area contributed by atoms with Crippen LogP contribution in [0.3, 0.4) is 0 Å². The van der Waals surface area contributed by atoms with Gasteiger partial charge in [0.25, 0.3) is 0 Å². The van der Waals surface area contributed by atoms with E-state index in [1.165, 1.54) is 0 Å². The summed E-state index contributed by atoms with van der Waals surface area (Å²) in [5.74, 6) is 4.87. The first-order chi connectivity index (χ1) is 6.19. The van der Waals surface area contributed by atoms with Gasteiger partial charge in [0.1, 0.15) is 0 Å². The van der Waals surface area contributed by atoms with E-state index in [1.54, 1.807) is 6.92 Å². The Hall–Kier alpha value is -0.840. The molecule has 1 unspecified atom stereocenters. The molecular weight excluding hydrogens is 167 g/mol. The molecule has 0 aliphatic heterocycles. The molecule has 0 bridgehead atoms. The van der Waals surface area contributed by atoms with Crippen molar-refractivity contribution in [1.82, 2.24) is 0 Å². The van der Waals surface area contributed by atoms with Gasteiger partial charge in [-0.05, 0) is 12.8 Å². The molecule has 0 saturated carbocycles. The van der Waals surface area contributed by atoms with Crippen LogP contribution < -0.4 is 0 Å². The third-order valence-electron chi connectivity index (χ3n) is 2.37. The number of Topliss-reactive ketones (excluding diaryl/α,β-unsaturated/α-hetero) is 1. The highest BCUT2D eigenvalue weighted by Gasteiger charge is 2.34. The molecule has 1 aliphatic rings. The largest absolute Gasteiger partial charge is 0.295 e. The van der Waals surface area contributed by atoms with Gasteiger partial charge in [-0.15, -0.1) is 0 Å². The Bertz CT molecular complexity index is 249. The predicted octanol–water partition coefficient (Wildman–Crippen LogP) is 2.64. The van der Waals surface area contributed by atoms with Gasteiger partial charge >= 0.3 is 0 Å². The Morgan fingerprint density at radius 2 is 2.23 bits per heavy atom. The fourth-order valence-corrected chi connectivity index (χ4v) is 1.51. The Balaban J connectivity index is 2.77. The number of carbonyl (C=O) groups excluding carboxylic acids is 1. The molecule has 0 saturated heterocycles. The number of rotatable bonds is 2. The molecular formula is C11H15FO. The van der Waals surface area contributed by atoms with Crippen molar-refractivity contribution in [2.24, 2.45) is 0 Å². The van der Waals surface area contributed by atoms with Crippen LogP contribution in [0.2, 0.25) is 0 Å². The molecule has 1 aliphatic carbocycles. The predicted molar refractivity (Wildman–Crippen MR) is 50.0 cm³/mol. The summed E-state index contributed by atoms with van der Waals surface area (Å²) in [6.45, 7) is 1.68. The molecule has 0 aromatic heterocycles. The number of halogens is 1. The van der Waals surface area contributed by atoms with Crippen molar-refractivity contribution >= 4 is 5.78 Å². The molecule has 1 atom stereocenters. The fourth-order valence-electron chi connectivity index (χ4n) is 1.51. The van der Waals surface area contributed by atoms with E-state index in [0.29, 0.717) is 0 Å². The molecule has 1 rings (SSSR count). The maximum absolute atomic E-state index is 13.9. The van der Waals surface area contributed by atoms with Crippen LogP contribution in [0, 0.1) is 11.8 Å². The van der Waals surface area contributed by atoms with Crippen molar-refractivity contribution in [3.63, 3.8) is 0 Å². The van der Waals surface area contributed by atoms with E-state index in [2.05, 4.69) is 11.8 Å². The lowest BCUT2D eigenvalue weighted by atomic mass is 9.90. The normalized spacial score (nSPS) is 28.2. The minimum atomic E-state index is -1.84. The molecule has 13 heavy (non-hydrogen) atoms. The minimum absolute atomic E-state index is 0.241. The van der Waals surface area contributed by atoms with Crippen LogP contribution in [0.1, 0.15) is 45.4 Å². The Morgan fingerprint density at radius 1 is 1.46 bits per heavy atom. The van der Waals surface area contributed by atoms with E-state index >= 15 is 0 Å². The molecule has 2 heteroatoms. The van der Waals surface area contributed by atoms with Gasteiger partial charge in [0.05, 0.1) is 0 Å². The van der Waals surface area contributed by atoms with Gasteiger partial charge in [-0.3, -0.25) is 4.79 Å². The molecule has 0 heterocycles. The van der Waals surface area contributed by atoms with E-state index < -0.39 is 5.67 Å². The third-order valence-corrected chi connectivity index (χ3v) is 2.37. The van der Waals surface area contributed by atoms with Crippen molar-refractivity contribution in [1.29, 1.82) is 0 Å². The zero-order chi connectivity index (χ0) is 9.73. The summed E-state index contributed by atoms with van der Waals surface area (Å²) < 4.78 is 13.9. The number of hydrogen-bond donors (Lipinski definition) is 0. The second-order valence-corrected chi connectivity index (χ2v) is 3.44. The van der Waals surface area contributed by atoms with Gasteiger partial charge in [-0.1, -0.05) is 25.2 Å². The summed E-state index contributed by atoms with van der Waals surface area (Å²) in [6.07, 6.45) is 4.04. The molecule has 0 radical (unpaired) electrons.